The number of phenolic OH excluding ortho intramolecular Hbond substituents is 1. The fraction of sp³-hybridized carbons (Fsp3) is 0.571. The topological polar surface area (TPSA) is 41.5 Å². The zero-order valence-electron chi connectivity index (χ0n) is 10.6. The molecule has 0 spiro atoms. The van der Waals surface area contributed by atoms with Gasteiger partial charge in [-0.25, -0.2) is 0 Å². The largest absolute Gasteiger partial charge is 0.507 e. The van der Waals surface area contributed by atoms with Crippen LogP contribution in [0.3, 0.4) is 0 Å². The van der Waals surface area contributed by atoms with Crippen molar-refractivity contribution < 1.29 is 9.84 Å². The summed E-state index contributed by atoms with van der Waals surface area (Å²) < 4.78 is 5.26. The maximum Gasteiger partial charge on any atom is 0.121 e. The Bertz CT molecular complexity index is 384. The lowest BCUT2D eigenvalue weighted by Gasteiger charge is -2.23. The average Bonchev–Trinajstić information content (AvgIpc) is 2.36. The molecule has 0 saturated carbocycles. The monoisotopic (exact) mass is 235 g/mol. The van der Waals surface area contributed by atoms with E-state index >= 15 is 0 Å². The normalized spacial score (nSPS) is 17.1. The van der Waals surface area contributed by atoms with Gasteiger partial charge in [-0.05, 0) is 68.5 Å². The summed E-state index contributed by atoms with van der Waals surface area (Å²) in [6.45, 7) is 4.10. The smallest absolute Gasteiger partial charge is 0.121 e. The number of methoxy groups -OCH3 is 1. The summed E-state index contributed by atoms with van der Waals surface area (Å²) in [5, 5.41) is 13.4. The highest BCUT2D eigenvalue weighted by Crippen LogP contribution is 2.31. The summed E-state index contributed by atoms with van der Waals surface area (Å²) in [5.41, 5.74) is 1.92. The number of piperidine rings is 1. The lowest BCUT2D eigenvalue weighted by molar-refractivity contribution is 0.363. The van der Waals surface area contributed by atoms with Gasteiger partial charge in [-0.2, -0.15) is 0 Å². The summed E-state index contributed by atoms with van der Waals surface area (Å²) in [5.74, 6) is 1.95. The fourth-order valence-electron chi connectivity index (χ4n) is 2.49. The fourth-order valence-corrected chi connectivity index (χ4v) is 2.49. The number of rotatable bonds is 3. The average molecular weight is 235 g/mol. The molecule has 17 heavy (non-hydrogen) atoms. The first kappa shape index (κ1) is 12.2. The van der Waals surface area contributed by atoms with E-state index in [0.29, 0.717) is 11.7 Å². The van der Waals surface area contributed by atoms with Crippen LogP contribution in [-0.2, 0) is 6.42 Å². The van der Waals surface area contributed by atoms with E-state index in [0.717, 1.165) is 36.4 Å². The molecule has 0 amide bonds. The molecule has 1 aliphatic rings. The Labute approximate surface area is 103 Å². The van der Waals surface area contributed by atoms with Crippen LogP contribution in [0.2, 0.25) is 0 Å². The first-order chi connectivity index (χ1) is 8.20. The first-order valence-corrected chi connectivity index (χ1v) is 6.28. The predicted octanol–water partition coefficient (Wildman–Crippen LogP) is 2.25. The minimum Gasteiger partial charge on any atom is -0.507 e. The van der Waals surface area contributed by atoms with Gasteiger partial charge >= 0.3 is 0 Å². The van der Waals surface area contributed by atoms with E-state index in [1.54, 1.807) is 7.11 Å². The zero-order valence-corrected chi connectivity index (χ0v) is 10.6. The Kier molecular flexibility index (Phi) is 3.89. The zero-order chi connectivity index (χ0) is 12.3. The molecular weight excluding hydrogens is 214 g/mol. The highest BCUT2D eigenvalue weighted by molar-refractivity contribution is 5.45. The van der Waals surface area contributed by atoms with E-state index < -0.39 is 0 Å². The molecule has 2 rings (SSSR count). The number of phenols is 1. The SMILES string of the molecule is COc1cc(C)c(O)c(CC2CCNCC2)c1. The van der Waals surface area contributed by atoms with Gasteiger partial charge in [0, 0.05) is 0 Å². The molecular formula is C14H21NO2. The molecule has 3 nitrogen and oxygen atoms in total. The lowest BCUT2D eigenvalue weighted by Crippen LogP contribution is -2.28. The Hall–Kier alpha value is -1.22. The van der Waals surface area contributed by atoms with Crippen molar-refractivity contribution in [1.29, 1.82) is 0 Å². The molecule has 1 aliphatic heterocycles. The number of hydrogen-bond acceptors (Lipinski definition) is 3. The van der Waals surface area contributed by atoms with Gasteiger partial charge in [0.1, 0.15) is 11.5 Å². The second-order valence-electron chi connectivity index (χ2n) is 4.85. The van der Waals surface area contributed by atoms with Crippen LogP contribution in [0.25, 0.3) is 0 Å². The third-order valence-corrected chi connectivity index (χ3v) is 3.56. The minimum absolute atomic E-state index is 0.435. The number of nitrogens with one attached hydrogen (secondary N) is 1. The van der Waals surface area contributed by atoms with Crippen LogP contribution in [-0.4, -0.2) is 25.3 Å². The lowest BCUT2D eigenvalue weighted by atomic mass is 9.90. The molecule has 0 bridgehead atoms. The van der Waals surface area contributed by atoms with Crippen molar-refractivity contribution in [3.8, 4) is 11.5 Å². The van der Waals surface area contributed by atoms with Crippen LogP contribution in [0.15, 0.2) is 12.1 Å². The van der Waals surface area contributed by atoms with Gasteiger partial charge in [-0.3, -0.25) is 0 Å². The van der Waals surface area contributed by atoms with Crippen LogP contribution < -0.4 is 10.1 Å². The number of hydrogen-bond donors (Lipinski definition) is 2. The highest BCUT2D eigenvalue weighted by atomic mass is 16.5. The van der Waals surface area contributed by atoms with Crippen LogP contribution in [0.4, 0.5) is 0 Å². The second-order valence-corrected chi connectivity index (χ2v) is 4.85. The van der Waals surface area contributed by atoms with Crippen molar-refractivity contribution >= 4 is 0 Å². The molecule has 0 aliphatic carbocycles. The molecule has 1 aromatic rings. The summed E-state index contributed by atoms with van der Waals surface area (Å²) >= 11 is 0. The summed E-state index contributed by atoms with van der Waals surface area (Å²) in [4.78, 5) is 0. The van der Waals surface area contributed by atoms with E-state index in [4.69, 9.17) is 4.74 Å². The van der Waals surface area contributed by atoms with E-state index in [9.17, 15) is 5.11 Å². The Balaban J connectivity index is 2.15. The second kappa shape index (κ2) is 5.41. The molecule has 3 heteroatoms. The summed E-state index contributed by atoms with van der Waals surface area (Å²) in [6, 6.07) is 3.84. The number of benzene rings is 1. The summed E-state index contributed by atoms with van der Waals surface area (Å²) in [7, 11) is 1.67. The van der Waals surface area contributed by atoms with Gasteiger partial charge in [-0.1, -0.05) is 0 Å². The molecule has 94 valence electrons. The third kappa shape index (κ3) is 2.91. The molecule has 0 unspecified atom stereocenters. The van der Waals surface area contributed by atoms with Crippen molar-refractivity contribution in [3.63, 3.8) is 0 Å². The molecule has 2 N–H and O–H groups in total. The molecule has 0 atom stereocenters. The Morgan fingerprint density at radius 1 is 1.35 bits per heavy atom. The van der Waals surface area contributed by atoms with E-state index in [2.05, 4.69) is 5.32 Å². The standard InChI is InChI=1S/C14H21NO2/c1-10-7-13(17-2)9-12(14(10)16)8-11-3-5-15-6-4-11/h7,9,11,15-16H,3-6,8H2,1-2H3. The molecule has 0 aromatic heterocycles. The Morgan fingerprint density at radius 3 is 2.71 bits per heavy atom. The van der Waals surface area contributed by atoms with Crippen molar-refractivity contribution in [3.05, 3.63) is 23.3 Å². The Morgan fingerprint density at radius 2 is 2.06 bits per heavy atom. The first-order valence-electron chi connectivity index (χ1n) is 6.28. The van der Waals surface area contributed by atoms with E-state index in [-0.39, 0.29) is 0 Å². The van der Waals surface area contributed by atoms with Gasteiger partial charge in [0.2, 0.25) is 0 Å². The molecule has 1 heterocycles. The van der Waals surface area contributed by atoms with Gasteiger partial charge in [-0.15, -0.1) is 0 Å². The van der Waals surface area contributed by atoms with Crippen LogP contribution >= 0.6 is 0 Å². The van der Waals surface area contributed by atoms with E-state index in [1.807, 2.05) is 19.1 Å². The minimum atomic E-state index is 0.435. The van der Waals surface area contributed by atoms with Crippen LogP contribution in [0, 0.1) is 12.8 Å². The van der Waals surface area contributed by atoms with Crippen molar-refractivity contribution in [1.82, 2.24) is 5.32 Å². The quantitative estimate of drug-likeness (QED) is 0.844. The maximum atomic E-state index is 10.1. The van der Waals surface area contributed by atoms with Crippen molar-refractivity contribution in [2.45, 2.75) is 26.2 Å². The molecule has 1 aromatic carbocycles. The number of aromatic hydroxyl groups is 1. The van der Waals surface area contributed by atoms with Crippen molar-refractivity contribution in [2.75, 3.05) is 20.2 Å². The highest BCUT2D eigenvalue weighted by Gasteiger charge is 2.16. The van der Waals surface area contributed by atoms with E-state index in [1.165, 1.54) is 12.8 Å². The third-order valence-electron chi connectivity index (χ3n) is 3.56. The van der Waals surface area contributed by atoms with Crippen molar-refractivity contribution in [2.24, 2.45) is 5.92 Å². The summed E-state index contributed by atoms with van der Waals surface area (Å²) in [6.07, 6.45) is 3.33. The molecule has 1 fully saturated rings. The predicted molar refractivity (Wildman–Crippen MR) is 68.7 cm³/mol. The van der Waals surface area contributed by atoms with Crippen LogP contribution in [0.5, 0.6) is 11.5 Å². The number of aryl methyl sites for hydroxylation is 1. The van der Waals surface area contributed by atoms with Gasteiger partial charge in [0.25, 0.3) is 0 Å². The number of ether oxygens (including phenoxy) is 1. The maximum absolute atomic E-state index is 10.1. The molecule has 1 saturated heterocycles. The van der Waals surface area contributed by atoms with Gasteiger partial charge in [0.15, 0.2) is 0 Å². The van der Waals surface area contributed by atoms with Gasteiger partial charge < -0.3 is 15.2 Å². The van der Waals surface area contributed by atoms with Crippen LogP contribution in [0.1, 0.15) is 24.0 Å². The van der Waals surface area contributed by atoms with Gasteiger partial charge in [0.05, 0.1) is 7.11 Å². The molecule has 0 radical (unpaired) electrons.